The molecule has 0 radical (unpaired) electrons. The minimum Gasteiger partial charge on any atom is -0.302 e. The largest absolute Gasteiger partial charge is 0.302 e. The second-order valence-corrected chi connectivity index (χ2v) is 2.40. The molecule has 0 aliphatic rings. The SMILES string of the molecule is O=C(Nc1cccnn1)c1ncn[nH]1. The fourth-order valence-corrected chi connectivity index (χ4v) is 0.859. The van der Waals surface area contributed by atoms with Crippen molar-refractivity contribution < 1.29 is 4.79 Å². The lowest BCUT2D eigenvalue weighted by Gasteiger charge is -1.98. The Morgan fingerprint density at radius 1 is 1.50 bits per heavy atom. The van der Waals surface area contributed by atoms with Crippen LogP contribution in [-0.2, 0) is 0 Å². The summed E-state index contributed by atoms with van der Waals surface area (Å²) in [4.78, 5) is 15.0. The summed E-state index contributed by atoms with van der Waals surface area (Å²) in [6.07, 6.45) is 2.77. The molecule has 0 aliphatic heterocycles. The van der Waals surface area contributed by atoms with E-state index < -0.39 is 5.91 Å². The van der Waals surface area contributed by atoms with E-state index in [-0.39, 0.29) is 5.82 Å². The van der Waals surface area contributed by atoms with Crippen molar-refractivity contribution in [3.8, 4) is 0 Å². The van der Waals surface area contributed by atoms with Gasteiger partial charge in [0.15, 0.2) is 5.82 Å². The summed E-state index contributed by atoms with van der Waals surface area (Å²) in [6.45, 7) is 0. The van der Waals surface area contributed by atoms with Crippen LogP contribution in [0, 0.1) is 0 Å². The highest BCUT2D eigenvalue weighted by molar-refractivity contribution is 6.00. The molecule has 0 spiro atoms. The van der Waals surface area contributed by atoms with Gasteiger partial charge in [0.05, 0.1) is 0 Å². The second kappa shape index (κ2) is 3.60. The minimum atomic E-state index is -0.400. The van der Waals surface area contributed by atoms with Gasteiger partial charge in [-0.2, -0.15) is 10.2 Å². The van der Waals surface area contributed by atoms with Crippen LogP contribution in [-0.4, -0.2) is 31.3 Å². The first-order valence-electron chi connectivity index (χ1n) is 3.80. The summed E-state index contributed by atoms with van der Waals surface area (Å²) < 4.78 is 0. The number of H-pyrrole nitrogens is 1. The molecule has 0 fully saturated rings. The Balaban J connectivity index is 2.10. The lowest BCUT2D eigenvalue weighted by atomic mass is 10.5. The summed E-state index contributed by atoms with van der Waals surface area (Å²) in [5.41, 5.74) is 0. The van der Waals surface area contributed by atoms with E-state index in [0.29, 0.717) is 5.82 Å². The Labute approximate surface area is 78.6 Å². The predicted octanol–water partition coefficient (Wildman–Crippen LogP) is -0.153. The van der Waals surface area contributed by atoms with Crippen molar-refractivity contribution in [1.29, 1.82) is 0 Å². The number of nitrogens with zero attached hydrogens (tertiary/aromatic N) is 4. The Bertz CT molecular complexity index is 411. The van der Waals surface area contributed by atoms with E-state index in [1.807, 2.05) is 0 Å². The number of rotatable bonds is 2. The van der Waals surface area contributed by atoms with Gasteiger partial charge < -0.3 is 5.32 Å². The zero-order valence-corrected chi connectivity index (χ0v) is 7.01. The Kier molecular flexibility index (Phi) is 2.14. The van der Waals surface area contributed by atoms with Gasteiger partial charge in [-0.1, -0.05) is 0 Å². The third kappa shape index (κ3) is 1.71. The molecule has 0 atom stereocenters. The highest BCUT2D eigenvalue weighted by Crippen LogP contribution is 1.99. The highest BCUT2D eigenvalue weighted by Gasteiger charge is 2.08. The quantitative estimate of drug-likeness (QED) is 0.686. The average Bonchev–Trinajstić information content (AvgIpc) is 2.72. The molecular formula is C7H6N6O. The average molecular weight is 190 g/mol. The number of amides is 1. The topological polar surface area (TPSA) is 96.5 Å². The first-order valence-corrected chi connectivity index (χ1v) is 3.80. The van der Waals surface area contributed by atoms with Gasteiger partial charge in [-0.15, -0.1) is 5.10 Å². The first-order chi connectivity index (χ1) is 6.86. The highest BCUT2D eigenvalue weighted by atomic mass is 16.2. The number of nitrogens with one attached hydrogen (secondary N) is 2. The number of aromatic nitrogens is 5. The van der Waals surface area contributed by atoms with Crippen LogP contribution in [0.5, 0.6) is 0 Å². The standard InChI is InChI=1S/C7H6N6O/c14-7(6-8-4-10-13-6)11-5-2-1-3-9-12-5/h1-4H,(H,8,10,13)(H,11,12,14). The predicted molar refractivity (Wildman–Crippen MR) is 46.4 cm³/mol. The molecule has 14 heavy (non-hydrogen) atoms. The smallest absolute Gasteiger partial charge is 0.294 e. The zero-order valence-electron chi connectivity index (χ0n) is 7.01. The summed E-state index contributed by atoms with van der Waals surface area (Å²) in [5.74, 6) is 0.104. The molecule has 70 valence electrons. The summed E-state index contributed by atoms with van der Waals surface area (Å²) in [7, 11) is 0. The summed E-state index contributed by atoms with van der Waals surface area (Å²) >= 11 is 0. The molecule has 0 bridgehead atoms. The van der Waals surface area contributed by atoms with Crippen LogP contribution in [0.25, 0.3) is 0 Å². The number of carbonyl (C=O) groups excluding carboxylic acids is 1. The van der Waals surface area contributed by atoms with Crippen molar-refractivity contribution in [2.45, 2.75) is 0 Å². The number of anilines is 1. The number of aromatic amines is 1. The van der Waals surface area contributed by atoms with Gasteiger partial charge in [0.1, 0.15) is 6.33 Å². The fraction of sp³-hybridized carbons (Fsp3) is 0. The molecule has 2 aromatic rings. The van der Waals surface area contributed by atoms with Crippen molar-refractivity contribution in [2.24, 2.45) is 0 Å². The van der Waals surface area contributed by atoms with Crippen LogP contribution in [0.4, 0.5) is 5.82 Å². The van der Waals surface area contributed by atoms with Crippen molar-refractivity contribution in [2.75, 3.05) is 5.32 Å². The van der Waals surface area contributed by atoms with E-state index in [4.69, 9.17) is 0 Å². The van der Waals surface area contributed by atoms with Crippen molar-refractivity contribution in [1.82, 2.24) is 25.4 Å². The molecule has 2 aromatic heterocycles. The molecule has 2 rings (SSSR count). The monoisotopic (exact) mass is 190 g/mol. The molecule has 7 nitrogen and oxygen atoms in total. The van der Waals surface area contributed by atoms with Crippen molar-refractivity contribution in [3.63, 3.8) is 0 Å². The maximum Gasteiger partial charge on any atom is 0.294 e. The van der Waals surface area contributed by atoms with Gasteiger partial charge >= 0.3 is 0 Å². The second-order valence-electron chi connectivity index (χ2n) is 2.40. The third-order valence-corrected chi connectivity index (χ3v) is 1.44. The van der Waals surface area contributed by atoms with Crippen LogP contribution < -0.4 is 5.32 Å². The van der Waals surface area contributed by atoms with E-state index >= 15 is 0 Å². The molecule has 0 saturated heterocycles. The van der Waals surface area contributed by atoms with E-state index in [1.165, 1.54) is 12.5 Å². The molecule has 2 N–H and O–H groups in total. The third-order valence-electron chi connectivity index (χ3n) is 1.44. The van der Waals surface area contributed by atoms with Crippen LogP contribution in [0.1, 0.15) is 10.6 Å². The molecular weight excluding hydrogens is 184 g/mol. The van der Waals surface area contributed by atoms with E-state index in [9.17, 15) is 4.79 Å². The van der Waals surface area contributed by atoms with Crippen LogP contribution in [0.15, 0.2) is 24.7 Å². The van der Waals surface area contributed by atoms with Crippen LogP contribution in [0.3, 0.4) is 0 Å². The maximum atomic E-state index is 11.4. The van der Waals surface area contributed by atoms with Gasteiger partial charge in [-0.05, 0) is 12.1 Å². The first kappa shape index (κ1) is 8.30. The Hall–Kier alpha value is -2.31. The lowest BCUT2D eigenvalue weighted by Crippen LogP contribution is -2.14. The van der Waals surface area contributed by atoms with Crippen LogP contribution in [0.2, 0.25) is 0 Å². The summed E-state index contributed by atoms with van der Waals surface area (Å²) in [6, 6.07) is 3.30. The van der Waals surface area contributed by atoms with E-state index in [2.05, 4.69) is 30.7 Å². The minimum absolute atomic E-state index is 0.135. The van der Waals surface area contributed by atoms with Gasteiger partial charge in [-0.3, -0.25) is 9.89 Å². The Morgan fingerprint density at radius 2 is 2.43 bits per heavy atom. The molecule has 0 aromatic carbocycles. The van der Waals surface area contributed by atoms with Gasteiger partial charge in [0, 0.05) is 6.20 Å². The van der Waals surface area contributed by atoms with Gasteiger partial charge in [0.25, 0.3) is 5.91 Å². The molecule has 2 heterocycles. The van der Waals surface area contributed by atoms with E-state index in [1.54, 1.807) is 12.1 Å². The fourth-order valence-electron chi connectivity index (χ4n) is 0.859. The normalized spacial score (nSPS) is 9.71. The summed E-state index contributed by atoms with van der Waals surface area (Å²) in [5, 5.41) is 15.8. The van der Waals surface area contributed by atoms with Gasteiger partial charge in [-0.25, -0.2) is 4.98 Å². The number of hydrogen-bond donors (Lipinski definition) is 2. The molecule has 0 saturated carbocycles. The number of hydrogen-bond acceptors (Lipinski definition) is 5. The van der Waals surface area contributed by atoms with Crippen molar-refractivity contribution >= 4 is 11.7 Å². The van der Waals surface area contributed by atoms with Gasteiger partial charge in [0.2, 0.25) is 5.82 Å². The Morgan fingerprint density at radius 3 is 3.07 bits per heavy atom. The molecule has 0 unspecified atom stereocenters. The molecule has 1 amide bonds. The lowest BCUT2D eigenvalue weighted by molar-refractivity contribution is 0.101. The maximum absolute atomic E-state index is 11.4. The number of carbonyl (C=O) groups is 1. The molecule has 0 aliphatic carbocycles. The van der Waals surface area contributed by atoms with Crippen molar-refractivity contribution in [3.05, 3.63) is 30.5 Å². The zero-order chi connectivity index (χ0) is 9.80. The molecule has 7 heteroatoms. The van der Waals surface area contributed by atoms with E-state index in [0.717, 1.165) is 0 Å². The van der Waals surface area contributed by atoms with Crippen LogP contribution >= 0.6 is 0 Å².